The Morgan fingerprint density at radius 1 is 1.09 bits per heavy atom. The fourth-order valence-corrected chi connectivity index (χ4v) is 8.62. The first kappa shape index (κ1) is 25.4. The number of hydrogen-bond donors (Lipinski definition) is 2. The van der Waals surface area contributed by atoms with Crippen LogP contribution in [0.25, 0.3) is 0 Å². The van der Waals surface area contributed by atoms with E-state index in [9.17, 15) is 14.7 Å². The van der Waals surface area contributed by atoms with E-state index >= 15 is 0 Å². The van der Waals surface area contributed by atoms with E-state index in [1.807, 2.05) is 0 Å². The van der Waals surface area contributed by atoms with E-state index < -0.39 is 5.97 Å². The average molecular weight is 469 g/mol. The van der Waals surface area contributed by atoms with E-state index in [-0.39, 0.29) is 45.0 Å². The Bertz CT molecular complexity index is 984. The van der Waals surface area contributed by atoms with Crippen molar-refractivity contribution in [2.75, 3.05) is 0 Å². The fourth-order valence-electron chi connectivity index (χ4n) is 8.62. The molecule has 2 fully saturated rings. The number of aliphatic hydroxyl groups excluding tert-OH is 1. The molecule has 2 saturated carbocycles. The Hall–Kier alpha value is -1.68. The number of carboxylic acid groups (broad SMARTS) is 1. The molecular formula is C30H44O4. The SMILES string of the molecule is C/C(=C\C(=O)C[C@@H](C)[C@@]1(C)CC[C@@]2(C)C3=CC[C@H]4C(C)(C)[C@H](O)CC[C@]4(C)[C@@H]3CC=C21)C(=O)O. The normalized spacial score (nSPS) is 42.0. The quantitative estimate of drug-likeness (QED) is 0.357. The second kappa shape index (κ2) is 8.18. The van der Waals surface area contributed by atoms with Gasteiger partial charge in [-0.15, -0.1) is 0 Å². The van der Waals surface area contributed by atoms with E-state index in [1.165, 1.54) is 18.6 Å². The van der Waals surface area contributed by atoms with E-state index in [1.54, 1.807) is 5.57 Å². The van der Waals surface area contributed by atoms with Crippen molar-refractivity contribution in [1.82, 2.24) is 0 Å². The molecule has 0 heterocycles. The van der Waals surface area contributed by atoms with Gasteiger partial charge in [-0.3, -0.25) is 4.79 Å². The maximum absolute atomic E-state index is 12.6. The van der Waals surface area contributed by atoms with E-state index in [4.69, 9.17) is 5.11 Å². The number of carboxylic acids is 1. The summed E-state index contributed by atoms with van der Waals surface area (Å²) in [6.45, 7) is 15.4. The van der Waals surface area contributed by atoms with Crippen molar-refractivity contribution >= 4 is 11.8 Å². The first-order chi connectivity index (χ1) is 15.7. The van der Waals surface area contributed by atoms with Gasteiger partial charge in [-0.05, 0) is 85.5 Å². The van der Waals surface area contributed by atoms with Gasteiger partial charge in [0.1, 0.15) is 0 Å². The first-order valence-electron chi connectivity index (χ1n) is 13.2. The zero-order valence-electron chi connectivity index (χ0n) is 22.2. The van der Waals surface area contributed by atoms with E-state index in [0.29, 0.717) is 18.3 Å². The minimum atomic E-state index is -1.03. The van der Waals surface area contributed by atoms with Gasteiger partial charge in [-0.25, -0.2) is 4.79 Å². The molecule has 188 valence electrons. The largest absolute Gasteiger partial charge is 0.478 e. The second-order valence-corrected chi connectivity index (χ2v) is 13.2. The topological polar surface area (TPSA) is 74.6 Å². The van der Waals surface area contributed by atoms with E-state index in [2.05, 4.69) is 53.7 Å². The minimum Gasteiger partial charge on any atom is -0.478 e. The lowest BCUT2D eigenvalue weighted by Gasteiger charge is -2.61. The van der Waals surface area contributed by atoms with Crippen LogP contribution in [-0.2, 0) is 9.59 Å². The van der Waals surface area contributed by atoms with Crippen LogP contribution in [0.1, 0.15) is 93.4 Å². The van der Waals surface area contributed by atoms with Gasteiger partial charge in [0, 0.05) is 17.4 Å². The summed E-state index contributed by atoms with van der Waals surface area (Å²) in [5.41, 5.74) is 3.34. The van der Waals surface area contributed by atoms with Crippen molar-refractivity contribution < 1.29 is 19.8 Å². The van der Waals surface area contributed by atoms with Crippen LogP contribution in [0.5, 0.6) is 0 Å². The molecule has 0 unspecified atom stereocenters. The molecule has 0 saturated heterocycles. The molecule has 0 bridgehead atoms. The van der Waals surface area contributed by atoms with Crippen LogP contribution in [0.4, 0.5) is 0 Å². The number of aliphatic hydroxyl groups is 1. The molecule has 4 aliphatic rings. The number of carbonyl (C=O) groups is 2. The fraction of sp³-hybridized carbons (Fsp3) is 0.733. The van der Waals surface area contributed by atoms with Crippen LogP contribution in [0.15, 0.2) is 34.9 Å². The van der Waals surface area contributed by atoms with Crippen molar-refractivity contribution in [3.8, 4) is 0 Å². The smallest absolute Gasteiger partial charge is 0.331 e. The molecule has 4 rings (SSSR count). The highest BCUT2D eigenvalue weighted by molar-refractivity contribution is 5.98. The van der Waals surface area contributed by atoms with Crippen molar-refractivity contribution in [1.29, 1.82) is 0 Å². The monoisotopic (exact) mass is 468 g/mol. The van der Waals surface area contributed by atoms with Gasteiger partial charge in [0.25, 0.3) is 0 Å². The predicted molar refractivity (Wildman–Crippen MR) is 135 cm³/mol. The third-order valence-electron chi connectivity index (χ3n) is 11.1. The highest BCUT2D eigenvalue weighted by Crippen LogP contribution is 2.70. The molecule has 4 nitrogen and oxygen atoms in total. The van der Waals surface area contributed by atoms with Crippen molar-refractivity contribution in [2.45, 2.75) is 99.5 Å². The molecule has 4 aliphatic carbocycles. The van der Waals surface area contributed by atoms with Gasteiger partial charge >= 0.3 is 5.97 Å². The predicted octanol–water partition coefficient (Wildman–Crippen LogP) is 6.50. The summed E-state index contributed by atoms with van der Waals surface area (Å²) in [5.74, 6) is 0.0403. The third-order valence-corrected chi connectivity index (χ3v) is 11.1. The molecule has 0 aliphatic heterocycles. The van der Waals surface area contributed by atoms with Crippen molar-refractivity contribution in [3.63, 3.8) is 0 Å². The number of allylic oxidation sites excluding steroid dienone is 5. The molecule has 34 heavy (non-hydrogen) atoms. The highest BCUT2D eigenvalue weighted by atomic mass is 16.4. The van der Waals surface area contributed by atoms with Crippen LogP contribution in [-0.4, -0.2) is 28.1 Å². The molecule has 0 aromatic carbocycles. The van der Waals surface area contributed by atoms with Gasteiger partial charge in [0.2, 0.25) is 0 Å². The molecule has 4 heteroatoms. The molecular weight excluding hydrogens is 424 g/mol. The number of hydrogen-bond acceptors (Lipinski definition) is 3. The summed E-state index contributed by atoms with van der Waals surface area (Å²) in [5, 5.41) is 19.9. The van der Waals surface area contributed by atoms with Crippen LogP contribution >= 0.6 is 0 Å². The Kier molecular flexibility index (Phi) is 6.12. The molecule has 0 spiro atoms. The Morgan fingerprint density at radius 2 is 1.76 bits per heavy atom. The van der Waals surface area contributed by atoms with Gasteiger partial charge in [0.15, 0.2) is 5.78 Å². The molecule has 7 atom stereocenters. The van der Waals surface area contributed by atoms with Gasteiger partial charge in [-0.2, -0.15) is 0 Å². The standard InChI is InChI=1S/C30H44O4/c1-18(26(33)34)16-20(31)17-19(2)28(5)14-15-30(7)22-8-10-23-27(3,4)25(32)12-13-29(23,6)21(22)9-11-24(28)30/h8,11,16,19,21,23,25,32H,9-10,12-15,17H2,1-7H3,(H,33,34)/b18-16+/t19-,21-,23+,25-,28-,29-,30+/m1/s1. The summed E-state index contributed by atoms with van der Waals surface area (Å²) >= 11 is 0. The summed E-state index contributed by atoms with van der Waals surface area (Å²) in [7, 11) is 0. The molecule has 0 amide bonds. The van der Waals surface area contributed by atoms with Crippen LogP contribution < -0.4 is 0 Å². The maximum Gasteiger partial charge on any atom is 0.331 e. The molecule has 0 radical (unpaired) electrons. The number of fused-ring (bicyclic) bond motifs is 5. The zero-order chi connectivity index (χ0) is 25.3. The maximum atomic E-state index is 12.6. The number of rotatable bonds is 5. The van der Waals surface area contributed by atoms with E-state index in [0.717, 1.165) is 38.5 Å². The second-order valence-electron chi connectivity index (χ2n) is 13.2. The summed E-state index contributed by atoms with van der Waals surface area (Å²) in [4.78, 5) is 23.8. The number of ketones is 1. The minimum absolute atomic E-state index is 0.0377. The highest BCUT2D eigenvalue weighted by Gasteiger charge is 2.61. The summed E-state index contributed by atoms with van der Waals surface area (Å²) in [6.07, 6.45) is 12.7. The Balaban J connectivity index is 1.63. The zero-order valence-corrected chi connectivity index (χ0v) is 22.2. The number of carbonyl (C=O) groups excluding carboxylic acids is 1. The lowest BCUT2D eigenvalue weighted by molar-refractivity contribution is -0.133. The number of aliphatic carboxylic acids is 1. The Morgan fingerprint density at radius 3 is 2.41 bits per heavy atom. The summed E-state index contributed by atoms with van der Waals surface area (Å²) in [6, 6.07) is 0. The lowest BCUT2D eigenvalue weighted by atomic mass is 9.44. The molecule has 0 aromatic heterocycles. The third kappa shape index (κ3) is 3.58. The van der Waals surface area contributed by atoms with Crippen LogP contribution in [0.2, 0.25) is 0 Å². The Labute approximate surface area is 205 Å². The lowest BCUT2D eigenvalue weighted by Crippen LogP contribution is -2.55. The first-order valence-corrected chi connectivity index (χ1v) is 13.2. The van der Waals surface area contributed by atoms with Gasteiger partial charge in [-0.1, -0.05) is 64.8 Å². The van der Waals surface area contributed by atoms with Crippen LogP contribution in [0, 0.1) is 39.4 Å². The van der Waals surface area contributed by atoms with Crippen LogP contribution in [0.3, 0.4) is 0 Å². The summed E-state index contributed by atoms with van der Waals surface area (Å²) < 4.78 is 0. The van der Waals surface area contributed by atoms with Gasteiger partial charge < -0.3 is 10.2 Å². The molecule has 2 N–H and O–H groups in total. The molecule has 0 aromatic rings. The van der Waals surface area contributed by atoms with Crippen molar-refractivity contribution in [2.24, 2.45) is 39.4 Å². The van der Waals surface area contributed by atoms with Gasteiger partial charge in [0.05, 0.1) is 6.10 Å². The average Bonchev–Trinajstić information content (AvgIpc) is 3.03. The van der Waals surface area contributed by atoms with Crippen molar-refractivity contribution in [3.05, 3.63) is 34.9 Å².